The van der Waals surface area contributed by atoms with Crippen LogP contribution >= 0.6 is 0 Å². The zero-order chi connectivity index (χ0) is 17.8. The number of rotatable bonds is 5. The third-order valence-electron chi connectivity index (χ3n) is 3.68. The summed E-state index contributed by atoms with van der Waals surface area (Å²) in [5.41, 5.74) is 3.75. The van der Waals surface area contributed by atoms with Crippen molar-refractivity contribution in [3.05, 3.63) is 83.1 Å². The SMILES string of the molecule is C=C(C)COc1ccccc1/C=C1\N=C(c2ccccc2C)OC1=O. The van der Waals surface area contributed by atoms with Crippen LogP contribution < -0.4 is 4.74 Å². The molecule has 1 heterocycles. The van der Waals surface area contributed by atoms with E-state index in [1.807, 2.05) is 62.4 Å². The summed E-state index contributed by atoms with van der Waals surface area (Å²) in [5, 5.41) is 0. The van der Waals surface area contributed by atoms with Crippen molar-refractivity contribution < 1.29 is 14.3 Å². The molecule has 0 aliphatic carbocycles. The number of hydrogen-bond acceptors (Lipinski definition) is 4. The lowest BCUT2D eigenvalue weighted by atomic mass is 10.1. The predicted molar refractivity (Wildman–Crippen MR) is 98.5 cm³/mol. The summed E-state index contributed by atoms with van der Waals surface area (Å²) in [6.07, 6.45) is 1.68. The highest BCUT2D eigenvalue weighted by atomic mass is 16.6. The molecule has 0 unspecified atom stereocenters. The first-order valence-electron chi connectivity index (χ1n) is 7.99. The highest BCUT2D eigenvalue weighted by Gasteiger charge is 2.25. The molecule has 25 heavy (non-hydrogen) atoms. The van der Waals surface area contributed by atoms with Gasteiger partial charge in [0.1, 0.15) is 12.4 Å². The molecule has 0 bridgehead atoms. The summed E-state index contributed by atoms with van der Waals surface area (Å²) in [7, 11) is 0. The van der Waals surface area contributed by atoms with Crippen molar-refractivity contribution in [1.29, 1.82) is 0 Å². The second-order valence-corrected chi connectivity index (χ2v) is 5.93. The zero-order valence-corrected chi connectivity index (χ0v) is 14.3. The van der Waals surface area contributed by atoms with Crippen LogP contribution in [0.5, 0.6) is 5.75 Å². The summed E-state index contributed by atoms with van der Waals surface area (Å²) in [5.74, 6) is 0.535. The van der Waals surface area contributed by atoms with Crippen LogP contribution in [0, 0.1) is 6.92 Å². The Labute approximate surface area is 147 Å². The number of cyclic esters (lactones) is 1. The van der Waals surface area contributed by atoms with Crippen molar-refractivity contribution in [2.45, 2.75) is 13.8 Å². The third kappa shape index (κ3) is 3.86. The molecule has 0 amide bonds. The predicted octanol–water partition coefficient (Wildman–Crippen LogP) is 4.29. The molecule has 4 heteroatoms. The number of nitrogens with zero attached hydrogens (tertiary/aromatic N) is 1. The monoisotopic (exact) mass is 333 g/mol. The van der Waals surface area contributed by atoms with Crippen LogP contribution in [0.3, 0.4) is 0 Å². The fraction of sp³-hybridized carbons (Fsp3) is 0.143. The van der Waals surface area contributed by atoms with Crippen LogP contribution in [-0.4, -0.2) is 18.5 Å². The first kappa shape index (κ1) is 16.7. The van der Waals surface area contributed by atoms with Crippen molar-refractivity contribution >= 4 is 17.9 Å². The first-order valence-corrected chi connectivity index (χ1v) is 7.99. The summed E-state index contributed by atoms with van der Waals surface area (Å²) in [4.78, 5) is 16.6. The minimum absolute atomic E-state index is 0.254. The number of ether oxygens (including phenoxy) is 2. The highest BCUT2D eigenvalue weighted by Crippen LogP contribution is 2.25. The minimum atomic E-state index is -0.465. The van der Waals surface area contributed by atoms with E-state index in [4.69, 9.17) is 9.47 Å². The van der Waals surface area contributed by atoms with E-state index >= 15 is 0 Å². The average molecular weight is 333 g/mol. The molecule has 126 valence electrons. The van der Waals surface area contributed by atoms with Gasteiger partial charge in [0.15, 0.2) is 5.70 Å². The maximum atomic E-state index is 12.2. The van der Waals surface area contributed by atoms with E-state index in [9.17, 15) is 4.79 Å². The molecule has 0 aromatic heterocycles. The second kappa shape index (κ2) is 7.18. The van der Waals surface area contributed by atoms with Gasteiger partial charge in [-0.2, -0.15) is 0 Å². The van der Waals surface area contributed by atoms with Crippen molar-refractivity contribution in [2.24, 2.45) is 4.99 Å². The van der Waals surface area contributed by atoms with Crippen molar-refractivity contribution in [3.63, 3.8) is 0 Å². The normalized spacial score (nSPS) is 15.0. The Kier molecular flexibility index (Phi) is 4.80. The van der Waals surface area contributed by atoms with Gasteiger partial charge in [-0.3, -0.25) is 0 Å². The summed E-state index contributed by atoms with van der Waals surface area (Å²) < 4.78 is 11.1. The van der Waals surface area contributed by atoms with Gasteiger partial charge >= 0.3 is 5.97 Å². The third-order valence-corrected chi connectivity index (χ3v) is 3.68. The van der Waals surface area contributed by atoms with Gasteiger partial charge in [-0.15, -0.1) is 0 Å². The Balaban J connectivity index is 1.93. The summed E-state index contributed by atoms with van der Waals surface area (Å²) in [6.45, 7) is 8.10. The van der Waals surface area contributed by atoms with Crippen LogP contribution in [0.25, 0.3) is 6.08 Å². The number of aliphatic imine (C=N–C) groups is 1. The fourth-order valence-electron chi connectivity index (χ4n) is 2.42. The number of esters is 1. The van der Waals surface area contributed by atoms with E-state index in [2.05, 4.69) is 11.6 Å². The molecule has 0 spiro atoms. The molecule has 0 N–H and O–H groups in total. The molecule has 0 saturated heterocycles. The van der Waals surface area contributed by atoms with Crippen molar-refractivity contribution in [2.75, 3.05) is 6.61 Å². The molecular formula is C21H19NO3. The van der Waals surface area contributed by atoms with E-state index < -0.39 is 5.97 Å². The van der Waals surface area contributed by atoms with Crippen LogP contribution in [0.4, 0.5) is 0 Å². The molecule has 1 aliphatic heterocycles. The molecular weight excluding hydrogens is 314 g/mol. The van der Waals surface area contributed by atoms with Crippen LogP contribution in [0.2, 0.25) is 0 Å². The maximum absolute atomic E-state index is 12.2. The Morgan fingerprint density at radius 1 is 1.20 bits per heavy atom. The first-order chi connectivity index (χ1) is 12.0. The summed E-state index contributed by atoms with van der Waals surface area (Å²) in [6, 6.07) is 15.1. The van der Waals surface area contributed by atoms with E-state index in [-0.39, 0.29) is 5.70 Å². The topological polar surface area (TPSA) is 47.9 Å². The van der Waals surface area contributed by atoms with E-state index in [1.165, 1.54) is 0 Å². The average Bonchev–Trinajstić information content (AvgIpc) is 2.95. The number of carbonyl (C=O) groups excluding carboxylic acids is 1. The maximum Gasteiger partial charge on any atom is 0.363 e. The van der Waals surface area contributed by atoms with Gasteiger partial charge in [-0.25, -0.2) is 9.79 Å². The van der Waals surface area contributed by atoms with Gasteiger partial charge in [0.2, 0.25) is 5.90 Å². The van der Waals surface area contributed by atoms with Gasteiger partial charge in [0.25, 0.3) is 0 Å². The quantitative estimate of drug-likeness (QED) is 0.466. The van der Waals surface area contributed by atoms with Gasteiger partial charge in [-0.05, 0) is 43.2 Å². The molecule has 3 rings (SSSR count). The van der Waals surface area contributed by atoms with Crippen molar-refractivity contribution in [3.8, 4) is 5.75 Å². The number of hydrogen-bond donors (Lipinski definition) is 0. The van der Waals surface area contributed by atoms with Gasteiger partial charge in [-0.1, -0.05) is 43.0 Å². The molecule has 2 aromatic carbocycles. The highest BCUT2D eigenvalue weighted by molar-refractivity contribution is 6.13. The van der Waals surface area contributed by atoms with E-state index in [0.29, 0.717) is 18.3 Å². The standard InChI is InChI=1S/C21H19NO3/c1-14(2)13-24-19-11-7-5-9-16(19)12-18-21(23)25-20(22-18)17-10-6-4-8-15(17)3/h4-12H,1,13H2,2-3H3/b18-12-. The molecule has 0 fully saturated rings. The molecule has 1 aliphatic rings. The molecule has 4 nitrogen and oxygen atoms in total. The molecule has 0 atom stereocenters. The number of para-hydroxylation sites is 1. The van der Waals surface area contributed by atoms with Gasteiger partial charge < -0.3 is 9.47 Å². The van der Waals surface area contributed by atoms with Crippen molar-refractivity contribution in [1.82, 2.24) is 0 Å². The van der Waals surface area contributed by atoms with Crippen LogP contribution in [-0.2, 0) is 9.53 Å². The number of carbonyl (C=O) groups is 1. The Hall–Kier alpha value is -3.14. The fourth-order valence-corrected chi connectivity index (χ4v) is 2.42. The lowest BCUT2D eigenvalue weighted by Gasteiger charge is -2.08. The summed E-state index contributed by atoms with van der Waals surface area (Å²) >= 11 is 0. The van der Waals surface area contributed by atoms with Gasteiger partial charge in [0.05, 0.1) is 0 Å². The smallest absolute Gasteiger partial charge is 0.363 e. The Morgan fingerprint density at radius 3 is 2.68 bits per heavy atom. The second-order valence-electron chi connectivity index (χ2n) is 5.93. The Morgan fingerprint density at radius 2 is 1.92 bits per heavy atom. The van der Waals surface area contributed by atoms with Gasteiger partial charge in [0, 0.05) is 11.1 Å². The molecule has 0 radical (unpaired) electrons. The zero-order valence-electron chi connectivity index (χ0n) is 14.3. The Bertz CT molecular complexity index is 894. The molecule has 2 aromatic rings. The number of benzene rings is 2. The lowest BCUT2D eigenvalue weighted by molar-refractivity contribution is -0.129. The number of aryl methyl sites for hydroxylation is 1. The van der Waals surface area contributed by atoms with E-state index in [1.54, 1.807) is 6.08 Å². The van der Waals surface area contributed by atoms with E-state index in [0.717, 1.165) is 22.3 Å². The van der Waals surface area contributed by atoms with Crippen LogP contribution in [0.1, 0.15) is 23.6 Å². The molecule has 0 saturated carbocycles. The minimum Gasteiger partial charge on any atom is -0.489 e. The van der Waals surface area contributed by atoms with Crippen LogP contribution in [0.15, 0.2) is 71.4 Å². The largest absolute Gasteiger partial charge is 0.489 e. The lowest BCUT2D eigenvalue weighted by Crippen LogP contribution is -2.06.